The highest BCUT2D eigenvalue weighted by Crippen LogP contribution is 2.48. The molecule has 4 heteroatoms. The first-order valence-electron chi connectivity index (χ1n) is 10.9. The molecule has 26 heavy (non-hydrogen) atoms. The molecule has 0 atom stereocenters. The number of rotatable bonds is 2. The van der Waals surface area contributed by atoms with E-state index in [-0.39, 0.29) is 6.09 Å². The fraction of sp³-hybridized carbons (Fsp3) is 0.955. The molecule has 2 heterocycles. The molecule has 1 aliphatic carbocycles. The lowest BCUT2D eigenvalue weighted by atomic mass is 9.64. The van der Waals surface area contributed by atoms with E-state index < -0.39 is 5.60 Å². The van der Waals surface area contributed by atoms with Crippen molar-refractivity contribution in [2.75, 3.05) is 33.2 Å². The summed E-state index contributed by atoms with van der Waals surface area (Å²) in [4.78, 5) is 16.7. The van der Waals surface area contributed by atoms with Gasteiger partial charge >= 0.3 is 6.09 Å². The number of carbonyl (C=O) groups excluding carboxylic acids is 1. The summed E-state index contributed by atoms with van der Waals surface area (Å²) in [6.45, 7) is 10.2. The Morgan fingerprint density at radius 3 is 2.00 bits per heavy atom. The predicted octanol–water partition coefficient (Wildman–Crippen LogP) is 4.93. The summed E-state index contributed by atoms with van der Waals surface area (Å²) in [6.07, 6.45) is 12.1. The van der Waals surface area contributed by atoms with E-state index in [1.165, 1.54) is 70.9 Å². The van der Waals surface area contributed by atoms with Crippen LogP contribution < -0.4 is 0 Å². The van der Waals surface area contributed by atoms with Gasteiger partial charge in [-0.1, -0.05) is 0 Å². The quantitative estimate of drug-likeness (QED) is 0.697. The molecule has 0 radical (unpaired) electrons. The zero-order chi connectivity index (χ0) is 18.8. The summed E-state index contributed by atoms with van der Waals surface area (Å²) in [5.74, 6) is 1.93. The van der Waals surface area contributed by atoms with Crippen LogP contribution in [0.4, 0.5) is 4.79 Å². The van der Waals surface area contributed by atoms with Gasteiger partial charge in [0.05, 0.1) is 0 Å². The maximum atomic E-state index is 12.3. The molecule has 1 amide bonds. The van der Waals surface area contributed by atoms with Crippen molar-refractivity contribution in [1.29, 1.82) is 0 Å². The van der Waals surface area contributed by atoms with Crippen LogP contribution in [0, 0.1) is 17.3 Å². The predicted molar refractivity (Wildman–Crippen MR) is 106 cm³/mol. The van der Waals surface area contributed by atoms with E-state index in [1.54, 1.807) is 0 Å². The third-order valence-corrected chi connectivity index (χ3v) is 7.15. The number of ether oxygens (including phenoxy) is 1. The van der Waals surface area contributed by atoms with Gasteiger partial charge in [-0.05, 0) is 116 Å². The third kappa shape index (κ3) is 5.37. The molecule has 3 fully saturated rings. The fourth-order valence-corrected chi connectivity index (χ4v) is 5.28. The summed E-state index contributed by atoms with van der Waals surface area (Å²) in [5, 5.41) is 0. The highest BCUT2D eigenvalue weighted by Gasteiger charge is 2.40. The Morgan fingerprint density at radius 1 is 0.923 bits per heavy atom. The Hall–Kier alpha value is -0.770. The first-order valence-corrected chi connectivity index (χ1v) is 10.9. The van der Waals surface area contributed by atoms with Gasteiger partial charge in [-0.15, -0.1) is 0 Å². The number of hydrogen-bond donors (Lipinski definition) is 0. The number of piperidine rings is 2. The van der Waals surface area contributed by atoms with E-state index in [1.807, 2.05) is 25.7 Å². The molecule has 0 aromatic heterocycles. The van der Waals surface area contributed by atoms with E-state index in [4.69, 9.17) is 4.74 Å². The minimum atomic E-state index is -0.391. The van der Waals surface area contributed by atoms with E-state index in [2.05, 4.69) is 11.9 Å². The molecule has 0 bridgehead atoms. The minimum absolute atomic E-state index is 0.122. The van der Waals surface area contributed by atoms with Crippen LogP contribution in [0.15, 0.2) is 0 Å². The molecule has 2 aliphatic heterocycles. The molecule has 4 nitrogen and oxygen atoms in total. The SMILES string of the molecule is CN1CCC(CC2CCC3(CC2)CCN(C(=O)OC(C)(C)C)CC3)CC1. The van der Waals surface area contributed by atoms with Crippen molar-refractivity contribution in [1.82, 2.24) is 9.80 Å². The Bertz CT molecular complexity index is 459. The lowest BCUT2D eigenvalue weighted by Gasteiger charge is -2.46. The minimum Gasteiger partial charge on any atom is -0.444 e. The van der Waals surface area contributed by atoms with Gasteiger partial charge in [-0.25, -0.2) is 4.79 Å². The number of likely N-dealkylation sites (tertiary alicyclic amines) is 2. The summed E-state index contributed by atoms with van der Waals surface area (Å²) in [6, 6.07) is 0. The van der Waals surface area contributed by atoms with Crippen molar-refractivity contribution < 1.29 is 9.53 Å². The normalized spacial score (nSPS) is 26.2. The fourth-order valence-electron chi connectivity index (χ4n) is 5.28. The topological polar surface area (TPSA) is 32.8 Å². The average molecular weight is 365 g/mol. The standard InChI is InChI=1S/C22H40N2O2/c1-21(2,3)26-20(25)24-15-11-22(12-16-24)9-5-18(6-10-22)17-19-7-13-23(4)14-8-19/h18-19H,5-17H2,1-4H3. The maximum absolute atomic E-state index is 12.3. The van der Waals surface area contributed by atoms with E-state index in [0.29, 0.717) is 5.41 Å². The molecule has 3 aliphatic rings. The first-order chi connectivity index (χ1) is 12.2. The molecule has 3 rings (SSSR count). The van der Waals surface area contributed by atoms with Crippen molar-refractivity contribution in [2.45, 2.75) is 84.2 Å². The van der Waals surface area contributed by atoms with Crippen LogP contribution in [0.1, 0.15) is 78.6 Å². The molecule has 0 aromatic rings. The zero-order valence-electron chi connectivity index (χ0n) is 17.6. The highest BCUT2D eigenvalue weighted by molar-refractivity contribution is 5.68. The van der Waals surface area contributed by atoms with Crippen molar-refractivity contribution in [3.63, 3.8) is 0 Å². The maximum Gasteiger partial charge on any atom is 0.410 e. The second-order valence-electron chi connectivity index (χ2n) is 10.4. The van der Waals surface area contributed by atoms with Crippen molar-refractivity contribution in [2.24, 2.45) is 17.3 Å². The van der Waals surface area contributed by atoms with Gasteiger partial charge < -0.3 is 14.5 Å². The molecule has 1 saturated carbocycles. The number of nitrogens with zero attached hydrogens (tertiary/aromatic N) is 2. The lowest BCUT2D eigenvalue weighted by molar-refractivity contribution is 0.000202. The Balaban J connectivity index is 1.40. The van der Waals surface area contributed by atoms with Crippen molar-refractivity contribution in [3.8, 4) is 0 Å². The molecular weight excluding hydrogens is 324 g/mol. The van der Waals surface area contributed by atoms with Crippen LogP contribution in [0.2, 0.25) is 0 Å². The molecular formula is C22H40N2O2. The lowest BCUT2D eigenvalue weighted by Crippen LogP contribution is -2.46. The van der Waals surface area contributed by atoms with Crippen molar-refractivity contribution in [3.05, 3.63) is 0 Å². The van der Waals surface area contributed by atoms with Gasteiger partial charge in [0.15, 0.2) is 0 Å². The summed E-state index contributed by atoms with van der Waals surface area (Å²) < 4.78 is 5.55. The Morgan fingerprint density at radius 2 is 1.46 bits per heavy atom. The van der Waals surface area contributed by atoms with Crippen molar-refractivity contribution >= 4 is 6.09 Å². The summed E-state index contributed by atoms with van der Waals surface area (Å²) >= 11 is 0. The number of amides is 1. The van der Waals surface area contributed by atoms with E-state index >= 15 is 0 Å². The van der Waals surface area contributed by atoms with Gasteiger partial charge in [0.25, 0.3) is 0 Å². The molecule has 2 saturated heterocycles. The van der Waals surface area contributed by atoms with Crippen LogP contribution in [0.5, 0.6) is 0 Å². The molecule has 0 N–H and O–H groups in total. The second kappa shape index (κ2) is 8.08. The first kappa shape index (κ1) is 20.0. The van der Waals surface area contributed by atoms with Crippen LogP contribution in [0.3, 0.4) is 0 Å². The summed E-state index contributed by atoms with van der Waals surface area (Å²) in [7, 11) is 2.25. The van der Waals surface area contributed by atoms with Crippen LogP contribution in [0.25, 0.3) is 0 Å². The van der Waals surface area contributed by atoms with Gasteiger partial charge in [-0.3, -0.25) is 0 Å². The third-order valence-electron chi connectivity index (χ3n) is 7.15. The molecule has 0 aromatic carbocycles. The number of carbonyl (C=O) groups is 1. The van der Waals surface area contributed by atoms with Gasteiger partial charge in [0, 0.05) is 13.1 Å². The second-order valence-corrected chi connectivity index (χ2v) is 10.4. The summed E-state index contributed by atoms with van der Waals surface area (Å²) in [5.41, 5.74) is 0.125. The van der Waals surface area contributed by atoms with Gasteiger partial charge in [0.1, 0.15) is 5.60 Å². The molecule has 150 valence electrons. The smallest absolute Gasteiger partial charge is 0.410 e. The van der Waals surface area contributed by atoms with Crippen LogP contribution >= 0.6 is 0 Å². The Labute approximate surface area is 160 Å². The van der Waals surface area contributed by atoms with Crippen LogP contribution in [-0.4, -0.2) is 54.7 Å². The highest BCUT2D eigenvalue weighted by atomic mass is 16.6. The largest absolute Gasteiger partial charge is 0.444 e. The van der Waals surface area contributed by atoms with Gasteiger partial charge in [-0.2, -0.15) is 0 Å². The number of hydrogen-bond acceptors (Lipinski definition) is 3. The molecule has 1 spiro atoms. The van der Waals surface area contributed by atoms with Crippen LogP contribution in [-0.2, 0) is 4.74 Å². The monoisotopic (exact) mass is 364 g/mol. The Kier molecular flexibility index (Phi) is 6.21. The van der Waals surface area contributed by atoms with E-state index in [0.717, 1.165) is 24.9 Å². The van der Waals surface area contributed by atoms with Gasteiger partial charge in [0.2, 0.25) is 0 Å². The van der Waals surface area contributed by atoms with E-state index in [9.17, 15) is 4.79 Å². The molecule has 0 unspecified atom stereocenters. The average Bonchev–Trinajstić information content (AvgIpc) is 2.58. The zero-order valence-corrected chi connectivity index (χ0v) is 17.6.